The van der Waals surface area contributed by atoms with Crippen LogP contribution in [0, 0.1) is 0 Å². The largest absolute Gasteiger partial charge is 0.480 e. The highest BCUT2D eigenvalue weighted by Crippen LogP contribution is 2.01. The number of hydrogen-bond donors (Lipinski definition) is 3. The lowest BCUT2D eigenvalue weighted by atomic mass is 10.1. The summed E-state index contributed by atoms with van der Waals surface area (Å²) in [4.78, 5) is 32.8. The number of nitrogens with zero attached hydrogens (tertiary/aromatic N) is 2. The maximum Gasteiger partial charge on any atom is 0.326 e. The molecule has 92 valence electrons. The summed E-state index contributed by atoms with van der Waals surface area (Å²) in [6.07, 6.45) is 1.05. The smallest absolute Gasteiger partial charge is 0.326 e. The predicted octanol–water partition coefficient (Wildman–Crippen LogP) is -1.01. The molecule has 1 heterocycles. The maximum absolute atomic E-state index is 11.5. The summed E-state index contributed by atoms with van der Waals surface area (Å²) >= 11 is 0.839. The average molecular weight is 258 g/mol. The lowest BCUT2D eigenvalue weighted by Crippen LogP contribution is -2.41. The third-order valence-electron chi connectivity index (χ3n) is 1.88. The van der Waals surface area contributed by atoms with Gasteiger partial charge < -0.3 is 16.2 Å². The molecule has 17 heavy (non-hydrogen) atoms. The van der Waals surface area contributed by atoms with Crippen molar-refractivity contribution in [1.82, 2.24) is 14.1 Å². The van der Waals surface area contributed by atoms with Gasteiger partial charge in [-0.2, -0.15) is 8.75 Å². The van der Waals surface area contributed by atoms with Gasteiger partial charge in [-0.05, 0) is 6.42 Å². The Morgan fingerprint density at radius 2 is 2.24 bits per heavy atom. The number of hydrogen-bond acceptors (Lipinski definition) is 6. The molecule has 1 rings (SSSR count). The van der Waals surface area contributed by atoms with E-state index < -0.39 is 23.8 Å². The number of primary amides is 1. The number of nitrogens with one attached hydrogen (secondary N) is 1. The second kappa shape index (κ2) is 5.89. The summed E-state index contributed by atoms with van der Waals surface area (Å²) in [5.41, 5.74) is 4.94. The summed E-state index contributed by atoms with van der Waals surface area (Å²) in [6.45, 7) is 0. The average Bonchev–Trinajstić information content (AvgIpc) is 2.76. The normalized spacial score (nSPS) is 11.8. The van der Waals surface area contributed by atoms with Crippen LogP contribution in [0.1, 0.15) is 23.3 Å². The Morgan fingerprint density at radius 3 is 2.71 bits per heavy atom. The molecule has 0 bridgehead atoms. The van der Waals surface area contributed by atoms with Gasteiger partial charge in [0.2, 0.25) is 5.91 Å². The van der Waals surface area contributed by atoms with E-state index >= 15 is 0 Å². The van der Waals surface area contributed by atoms with Crippen LogP contribution in [0.3, 0.4) is 0 Å². The minimum absolute atomic E-state index is 0.0420. The Labute approximate surface area is 100 Å². The predicted molar refractivity (Wildman–Crippen MR) is 57.2 cm³/mol. The van der Waals surface area contributed by atoms with Crippen molar-refractivity contribution >= 4 is 29.5 Å². The molecule has 9 heteroatoms. The lowest BCUT2D eigenvalue weighted by molar-refractivity contribution is -0.139. The van der Waals surface area contributed by atoms with Crippen LogP contribution in [0.5, 0.6) is 0 Å². The summed E-state index contributed by atoms with van der Waals surface area (Å²) < 4.78 is 7.28. The second-order valence-electron chi connectivity index (χ2n) is 3.16. The van der Waals surface area contributed by atoms with Crippen LogP contribution in [0.15, 0.2) is 6.20 Å². The zero-order valence-corrected chi connectivity index (χ0v) is 9.44. The number of nitrogens with two attached hydrogens (primary N) is 1. The zero-order chi connectivity index (χ0) is 12.8. The van der Waals surface area contributed by atoms with Crippen molar-refractivity contribution in [3.63, 3.8) is 0 Å². The van der Waals surface area contributed by atoms with Gasteiger partial charge in [0.25, 0.3) is 5.91 Å². The van der Waals surface area contributed by atoms with Gasteiger partial charge in [-0.15, -0.1) is 0 Å². The summed E-state index contributed by atoms with van der Waals surface area (Å²) in [5.74, 6) is -2.50. The fourth-order valence-corrected chi connectivity index (χ4v) is 1.45. The molecule has 4 N–H and O–H groups in total. The van der Waals surface area contributed by atoms with Gasteiger partial charge in [0.15, 0.2) is 5.69 Å². The third kappa shape index (κ3) is 4.15. The number of carbonyl (C=O) groups is 3. The SMILES string of the molecule is NC(=O)CCC(NC(=O)c1cnsn1)C(=O)O. The summed E-state index contributed by atoms with van der Waals surface area (Å²) in [5, 5.41) is 11.1. The molecule has 0 radical (unpaired) electrons. The molecular formula is C8H10N4O4S. The summed E-state index contributed by atoms with van der Waals surface area (Å²) in [6, 6.07) is -1.17. The van der Waals surface area contributed by atoms with Crippen LogP contribution in [-0.4, -0.2) is 37.7 Å². The van der Waals surface area contributed by atoms with Crippen LogP contribution in [0.25, 0.3) is 0 Å². The molecule has 0 spiro atoms. The number of aromatic nitrogens is 2. The van der Waals surface area contributed by atoms with Gasteiger partial charge in [0.05, 0.1) is 17.9 Å². The Morgan fingerprint density at radius 1 is 1.53 bits per heavy atom. The Kier molecular flexibility index (Phi) is 4.52. The number of aliphatic carboxylic acids is 1. The molecule has 1 unspecified atom stereocenters. The van der Waals surface area contributed by atoms with Crippen molar-refractivity contribution in [2.24, 2.45) is 5.73 Å². The Bertz CT molecular complexity index is 419. The first kappa shape index (κ1) is 13.0. The van der Waals surface area contributed by atoms with E-state index in [1.54, 1.807) is 0 Å². The molecule has 0 aromatic carbocycles. The quantitative estimate of drug-likeness (QED) is 0.598. The minimum Gasteiger partial charge on any atom is -0.480 e. The molecular weight excluding hydrogens is 248 g/mol. The highest BCUT2D eigenvalue weighted by atomic mass is 32.1. The molecule has 1 aromatic heterocycles. The number of amides is 2. The second-order valence-corrected chi connectivity index (χ2v) is 3.72. The van der Waals surface area contributed by atoms with E-state index in [9.17, 15) is 14.4 Å². The zero-order valence-electron chi connectivity index (χ0n) is 8.62. The highest BCUT2D eigenvalue weighted by Gasteiger charge is 2.22. The molecule has 0 saturated carbocycles. The van der Waals surface area contributed by atoms with Crippen molar-refractivity contribution in [3.8, 4) is 0 Å². The molecule has 0 saturated heterocycles. The third-order valence-corrected chi connectivity index (χ3v) is 2.35. The lowest BCUT2D eigenvalue weighted by Gasteiger charge is -2.12. The number of carboxylic acid groups (broad SMARTS) is 1. The van der Waals surface area contributed by atoms with Crippen molar-refractivity contribution in [1.29, 1.82) is 0 Å². The fourth-order valence-electron chi connectivity index (χ4n) is 1.04. The molecule has 1 atom stereocenters. The Balaban J connectivity index is 2.58. The molecule has 0 aliphatic rings. The van der Waals surface area contributed by atoms with Gasteiger partial charge in [0, 0.05) is 6.42 Å². The van der Waals surface area contributed by atoms with Crippen molar-refractivity contribution in [2.45, 2.75) is 18.9 Å². The molecule has 0 fully saturated rings. The monoisotopic (exact) mass is 258 g/mol. The van der Waals surface area contributed by atoms with Crippen LogP contribution >= 0.6 is 11.7 Å². The van der Waals surface area contributed by atoms with E-state index in [0.29, 0.717) is 0 Å². The van der Waals surface area contributed by atoms with E-state index in [1.807, 2.05) is 0 Å². The first-order valence-electron chi connectivity index (χ1n) is 4.60. The van der Waals surface area contributed by atoms with Gasteiger partial charge in [0.1, 0.15) is 6.04 Å². The molecule has 0 aliphatic carbocycles. The highest BCUT2D eigenvalue weighted by molar-refractivity contribution is 6.99. The first-order chi connectivity index (χ1) is 8.00. The van der Waals surface area contributed by atoms with Crippen molar-refractivity contribution in [3.05, 3.63) is 11.9 Å². The van der Waals surface area contributed by atoms with Crippen molar-refractivity contribution in [2.75, 3.05) is 0 Å². The molecule has 2 amide bonds. The number of rotatable bonds is 6. The van der Waals surface area contributed by atoms with Gasteiger partial charge in [-0.3, -0.25) is 9.59 Å². The van der Waals surface area contributed by atoms with Gasteiger partial charge in [-0.1, -0.05) is 0 Å². The minimum atomic E-state index is -1.23. The topological polar surface area (TPSA) is 135 Å². The van der Waals surface area contributed by atoms with Gasteiger partial charge in [-0.25, -0.2) is 4.79 Å². The van der Waals surface area contributed by atoms with E-state index in [4.69, 9.17) is 10.8 Å². The van der Waals surface area contributed by atoms with Crippen LogP contribution in [-0.2, 0) is 9.59 Å². The van der Waals surface area contributed by atoms with Gasteiger partial charge >= 0.3 is 5.97 Å². The fraction of sp³-hybridized carbons (Fsp3) is 0.375. The Hall–Kier alpha value is -2.03. The van der Waals surface area contributed by atoms with E-state index in [-0.39, 0.29) is 18.5 Å². The molecule has 0 aliphatic heterocycles. The van der Waals surface area contributed by atoms with E-state index in [1.165, 1.54) is 6.20 Å². The van der Waals surface area contributed by atoms with Crippen LogP contribution in [0.4, 0.5) is 0 Å². The number of carboxylic acids is 1. The summed E-state index contributed by atoms with van der Waals surface area (Å²) in [7, 11) is 0. The standard InChI is InChI=1S/C8H10N4O4S/c9-6(13)2-1-4(8(15)16)11-7(14)5-3-10-17-12-5/h3-4H,1-2H2,(H2,9,13)(H,11,14)(H,15,16). The van der Waals surface area contributed by atoms with Crippen LogP contribution < -0.4 is 11.1 Å². The molecule has 1 aromatic rings. The van der Waals surface area contributed by atoms with Crippen LogP contribution in [0.2, 0.25) is 0 Å². The first-order valence-corrected chi connectivity index (χ1v) is 5.33. The maximum atomic E-state index is 11.5. The number of carbonyl (C=O) groups excluding carboxylic acids is 2. The van der Waals surface area contributed by atoms with Crippen molar-refractivity contribution < 1.29 is 19.5 Å². The molecule has 8 nitrogen and oxygen atoms in total. The van der Waals surface area contributed by atoms with E-state index in [2.05, 4.69) is 14.1 Å². The van der Waals surface area contributed by atoms with E-state index in [0.717, 1.165) is 11.7 Å².